The zero-order chi connectivity index (χ0) is 29.5. The summed E-state index contributed by atoms with van der Waals surface area (Å²) in [6, 6.07) is 24.0. The van der Waals surface area contributed by atoms with Crippen LogP contribution in [0.15, 0.2) is 92.0 Å². The predicted octanol–water partition coefficient (Wildman–Crippen LogP) is 7.32. The molecule has 4 aromatic rings. The first-order chi connectivity index (χ1) is 21.7. The number of likely N-dealkylation sites (tertiary alicyclic amines) is 1. The third-order valence-electron chi connectivity index (χ3n) is 11.3. The van der Waals surface area contributed by atoms with Crippen LogP contribution in [0.4, 0.5) is 0 Å². The van der Waals surface area contributed by atoms with Crippen LogP contribution >= 0.6 is 0 Å². The van der Waals surface area contributed by atoms with Crippen LogP contribution in [0.3, 0.4) is 0 Å². The summed E-state index contributed by atoms with van der Waals surface area (Å²) >= 11 is 0. The third-order valence-corrected chi connectivity index (χ3v) is 11.3. The minimum Gasteiger partial charge on any atom is -0.485 e. The summed E-state index contributed by atoms with van der Waals surface area (Å²) in [7, 11) is 0. The Kier molecular flexibility index (Phi) is 5.95. The fourth-order valence-corrected chi connectivity index (χ4v) is 9.42. The van der Waals surface area contributed by atoms with E-state index >= 15 is 0 Å². The standard InChI is InChI=1S/C39H40N2O3/c1-3-19-41-31-13-9-8-12-29(31)30-23-39(43-21-4-2)33-22-28-16-17-32(42-25-27-10-6-5-7-11-27)36-34(28)38(39,37(44-36)35(30)41)18-20-40(33)24-26-14-15-26/h3-13,16-17,26,33,37H,1-2,14-15,18-25H2/t33-,37-,38-,39+/m0/s1. The van der Waals surface area contributed by atoms with Crippen molar-refractivity contribution in [1.29, 1.82) is 0 Å². The number of allylic oxidation sites excluding steroid dienone is 1. The minimum atomic E-state index is -0.439. The summed E-state index contributed by atoms with van der Waals surface area (Å²) in [5, 5.41) is 1.30. The van der Waals surface area contributed by atoms with Crippen molar-refractivity contribution >= 4 is 10.9 Å². The van der Waals surface area contributed by atoms with E-state index in [-0.39, 0.29) is 17.6 Å². The van der Waals surface area contributed by atoms with Crippen molar-refractivity contribution in [3.05, 3.63) is 120 Å². The van der Waals surface area contributed by atoms with Crippen LogP contribution in [0, 0.1) is 5.92 Å². The van der Waals surface area contributed by atoms with Gasteiger partial charge in [0.05, 0.1) is 17.7 Å². The highest BCUT2D eigenvalue weighted by molar-refractivity contribution is 5.87. The van der Waals surface area contributed by atoms with Crippen LogP contribution in [0.1, 0.15) is 53.3 Å². The lowest BCUT2D eigenvalue weighted by molar-refractivity contribution is -0.199. The molecule has 44 heavy (non-hydrogen) atoms. The first-order valence-electron chi connectivity index (χ1n) is 16.4. The Morgan fingerprint density at radius 1 is 0.977 bits per heavy atom. The van der Waals surface area contributed by atoms with Crippen molar-refractivity contribution in [3.63, 3.8) is 0 Å². The van der Waals surface area contributed by atoms with Crippen molar-refractivity contribution in [2.75, 3.05) is 19.7 Å². The van der Waals surface area contributed by atoms with E-state index in [0.29, 0.717) is 13.2 Å². The van der Waals surface area contributed by atoms with Crippen LogP contribution < -0.4 is 9.47 Å². The number of hydrogen-bond donors (Lipinski definition) is 0. The highest BCUT2D eigenvalue weighted by Crippen LogP contribution is 2.70. The van der Waals surface area contributed by atoms with Gasteiger partial charge in [0, 0.05) is 42.0 Å². The molecule has 2 bridgehead atoms. The maximum Gasteiger partial charge on any atom is 0.166 e. The molecule has 1 saturated carbocycles. The number of piperidine rings is 1. The molecule has 3 heterocycles. The van der Waals surface area contributed by atoms with Crippen LogP contribution in [0.5, 0.6) is 11.5 Å². The fourth-order valence-electron chi connectivity index (χ4n) is 9.42. The van der Waals surface area contributed by atoms with Crippen LogP contribution in [0.2, 0.25) is 0 Å². The van der Waals surface area contributed by atoms with Gasteiger partial charge in [0.2, 0.25) is 0 Å². The molecule has 5 aliphatic rings. The van der Waals surface area contributed by atoms with E-state index in [1.54, 1.807) is 0 Å². The Morgan fingerprint density at radius 2 is 1.82 bits per heavy atom. The van der Waals surface area contributed by atoms with E-state index in [1.165, 1.54) is 46.1 Å². The molecule has 9 rings (SSSR count). The van der Waals surface area contributed by atoms with Crippen molar-refractivity contribution in [2.24, 2.45) is 5.92 Å². The number of benzene rings is 3. The number of para-hydroxylation sites is 1. The molecule has 224 valence electrons. The summed E-state index contributed by atoms with van der Waals surface area (Å²) < 4.78 is 23.7. The van der Waals surface area contributed by atoms with Gasteiger partial charge in [-0.3, -0.25) is 4.90 Å². The summed E-state index contributed by atoms with van der Waals surface area (Å²) in [4.78, 5) is 2.79. The van der Waals surface area contributed by atoms with Crippen LogP contribution in [-0.4, -0.2) is 40.8 Å². The molecule has 5 nitrogen and oxygen atoms in total. The van der Waals surface area contributed by atoms with Gasteiger partial charge in [0.25, 0.3) is 0 Å². The van der Waals surface area contributed by atoms with Crippen LogP contribution in [0.25, 0.3) is 10.9 Å². The molecule has 3 aromatic carbocycles. The second-order valence-electron chi connectivity index (χ2n) is 13.5. The second kappa shape index (κ2) is 9.85. The van der Waals surface area contributed by atoms with Gasteiger partial charge in [-0.1, -0.05) is 66.7 Å². The summed E-state index contributed by atoms with van der Waals surface area (Å²) in [5.74, 6) is 2.57. The van der Waals surface area contributed by atoms with Gasteiger partial charge < -0.3 is 18.8 Å². The summed E-state index contributed by atoms with van der Waals surface area (Å²) in [5.41, 5.74) is 7.02. The lowest BCUT2D eigenvalue weighted by Crippen LogP contribution is -2.75. The number of nitrogens with zero attached hydrogens (tertiary/aromatic N) is 2. The molecular formula is C39H40N2O3. The molecule has 4 atom stereocenters. The lowest BCUT2D eigenvalue weighted by Gasteiger charge is -2.64. The molecule has 1 saturated heterocycles. The molecule has 0 N–H and O–H groups in total. The maximum absolute atomic E-state index is 7.37. The van der Waals surface area contributed by atoms with E-state index in [9.17, 15) is 0 Å². The smallest absolute Gasteiger partial charge is 0.166 e. The number of aromatic nitrogens is 1. The van der Waals surface area contributed by atoms with E-state index in [2.05, 4.69) is 83.3 Å². The molecule has 1 aromatic heterocycles. The van der Waals surface area contributed by atoms with Gasteiger partial charge in [0.15, 0.2) is 17.6 Å². The van der Waals surface area contributed by atoms with Gasteiger partial charge in [-0.05, 0) is 67.0 Å². The minimum absolute atomic E-state index is 0.176. The average molecular weight is 585 g/mol. The van der Waals surface area contributed by atoms with Crippen LogP contribution in [-0.2, 0) is 36.1 Å². The third kappa shape index (κ3) is 3.54. The number of ether oxygens (including phenoxy) is 3. The molecule has 5 heteroatoms. The van der Waals surface area contributed by atoms with Crippen molar-refractivity contribution in [2.45, 2.75) is 68.4 Å². The Labute approximate surface area is 259 Å². The zero-order valence-electron chi connectivity index (χ0n) is 25.3. The molecule has 2 aliphatic heterocycles. The van der Waals surface area contributed by atoms with Gasteiger partial charge >= 0.3 is 0 Å². The number of hydrogen-bond acceptors (Lipinski definition) is 4. The van der Waals surface area contributed by atoms with Crippen molar-refractivity contribution in [1.82, 2.24) is 9.47 Å². The number of rotatable bonds is 10. The van der Waals surface area contributed by atoms with E-state index in [0.717, 1.165) is 61.9 Å². The maximum atomic E-state index is 7.37. The van der Waals surface area contributed by atoms with Gasteiger partial charge in [-0.2, -0.15) is 0 Å². The van der Waals surface area contributed by atoms with E-state index in [4.69, 9.17) is 14.2 Å². The SMILES string of the molecule is C=CCO[C@@]12Cc3c(n(CC=C)c4ccccc34)[C@@H]3Oc4c(OCc5ccccc5)ccc5c4[C@@]31CCN(CC1CC1)[C@H]2C5. The largest absolute Gasteiger partial charge is 0.485 e. The zero-order valence-corrected chi connectivity index (χ0v) is 25.3. The average Bonchev–Trinajstić information content (AvgIpc) is 3.73. The summed E-state index contributed by atoms with van der Waals surface area (Å²) in [6.45, 7) is 12.3. The predicted molar refractivity (Wildman–Crippen MR) is 173 cm³/mol. The second-order valence-corrected chi connectivity index (χ2v) is 13.5. The lowest BCUT2D eigenvalue weighted by atomic mass is 9.48. The Balaban J connectivity index is 1.28. The van der Waals surface area contributed by atoms with Crippen molar-refractivity contribution in [3.8, 4) is 11.5 Å². The Hall–Kier alpha value is -3.80. The van der Waals surface area contributed by atoms with Gasteiger partial charge in [-0.25, -0.2) is 0 Å². The van der Waals surface area contributed by atoms with Crippen molar-refractivity contribution < 1.29 is 14.2 Å². The van der Waals surface area contributed by atoms with Gasteiger partial charge in [-0.15, -0.1) is 13.2 Å². The molecule has 1 spiro atoms. The van der Waals surface area contributed by atoms with E-state index in [1.807, 2.05) is 18.2 Å². The summed E-state index contributed by atoms with van der Waals surface area (Å²) in [6.07, 6.45) is 9.29. The fraction of sp³-hybridized carbons (Fsp3) is 0.385. The highest BCUT2D eigenvalue weighted by atomic mass is 16.5. The molecule has 2 fully saturated rings. The molecular weight excluding hydrogens is 544 g/mol. The molecule has 0 unspecified atom stereocenters. The Morgan fingerprint density at radius 3 is 2.64 bits per heavy atom. The quantitative estimate of drug-likeness (QED) is 0.183. The first-order valence-corrected chi connectivity index (χ1v) is 16.4. The van der Waals surface area contributed by atoms with Gasteiger partial charge in [0.1, 0.15) is 12.2 Å². The normalized spacial score (nSPS) is 27.8. The number of fused-ring (bicyclic) bond motifs is 4. The Bertz CT molecular complexity index is 1790. The first kappa shape index (κ1) is 26.6. The molecule has 0 radical (unpaired) electrons. The van der Waals surface area contributed by atoms with E-state index < -0.39 is 5.60 Å². The highest BCUT2D eigenvalue weighted by Gasteiger charge is 2.74. The monoisotopic (exact) mass is 584 g/mol. The molecule has 0 amide bonds. The molecule has 3 aliphatic carbocycles. The topological polar surface area (TPSA) is 35.9 Å².